The summed E-state index contributed by atoms with van der Waals surface area (Å²) in [6.45, 7) is 5.04. The molecule has 0 spiro atoms. The predicted octanol–water partition coefficient (Wildman–Crippen LogP) is 3.32. The third-order valence-corrected chi connectivity index (χ3v) is 4.38. The van der Waals surface area contributed by atoms with E-state index in [1.807, 2.05) is 12.1 Å². The van der Waals surface area contributed by atoms with E-state index < -0.39 is 0 Å². The molecule has 1 aromatic carbocycles. The minimum Gasteiger partial charge on any atom is -0.492 e. The van der Waals surface area contributed by atoms with Gasteiger partial charge in [-0.15, -0.1) is 0 Å². The van der Waals surface area contributed by atoms with E-state index in [2.05, 4.69) is 43.4 Å². The van der Waals surface area contributed by atoms with E-state index in [1.54, 1.807) is 0 Å². The van der Waals surface area contributed by atoms with Crippen LogP contribution >= 0.6 is 0 Å². The molecule has 0 heterocycles. The van der Waals surface area contributed by atoms with Crippen molar-refractivity contribution in [2.24, 2.45) is 11.8 Å². The Balaban J connectivity index is 1.43. The van der Waals surface area contributed by atoms with Crippen molar-refractivity contribution in [1.29, 1.82) is 0 Å². The fourth-order valence-corrected chi connectivity index (χ4v) is 3.18. The van der Waals surface area contributed by atoms with Crippen LogP contribution in [0.1, 0.15) is 25.3 Å². The van der Waals surface area contributed by atoms with Gasteiger partial charge in [0.1, 0.15) is 12.4 Å². The summed E-state index contributed by atoms with van der Waals surface area (Å²) in [7, 11) is 0. The van der Waals surface area contributed by atoms with E-state index in [0.717, 1.165) is 24.2 Å². The third kappa shape index (κ3) is 2.84. The van der Waals surface area contributed by atoms with Crippen LogP contribution in [0.3, 0.4) is 0 Å². The minimum atomic E-state index is 0.404. The molecule has 1 N–H and O–H groups in total. The second-order valence-corrected chi connectivity index (χ2v) is 6.04. The van der Waals surface area contributed by atoms with Crippen LogP contribution in [0.5, 0.6) is 5.75 Å². The molecule has 0 bridgehead atoms. The number of nitrogens with one attached hydrogen (secondary N) is 1. The van der Waals surface area contributed by atoms with Crippen molar-refractivity contribution in [2.75, 3.05) is 6.61 Å². The second kappa shape index (κ2) is 5.38. The number of hydrogen-bond donors (Lipinski definition) is 1. The molecule has 2 heteroatoms. The molecular weight excluding hydrogens is 234 g/mol. The smallest absolute Gasteiger partial charge is 0.119 e. The molecule has 1 fully saturated rings. The van der Waals surface area contributed by atoms with Gasteiger partial charge in [-0.05, 0) is 50.7 Å². The van der Waals surface area contributed by atoms with Gasteiger partial charge in [-0.1, -0.05) is 29.8 Å². The van der Waals surface area contributed by atoms with Crippen LogP contribution in [-0.4, -0.2) is 18.7 Å². The van der Waals surface area contributed by atoms with Crippen LogP contribution in [0.25, 0.3) is 0 Å². The Morgan fingerprint density at radius 3 is 2.84 bits per heavy atom. The molecule has 2 aliphatic rings. The molecule has 102 valence electrons. The monoisotopic (exact) mass is 257 g/mol. The van der Waals surface area contributed by atoms with Crippen molar-refractivity contribution in [2.45, 2.75) is 38.8 Å². The standard InChI is InChI=1S/C17H23NO/c1-12-6-8-15(9-7-12)19-11-13(2)18-17-10-14-4-3-5-16(14)17/h3,5-9,13-14,16-18H,4,10-11H2,1-2H3. The van der Waals surface area contributed by atoms with Gasteiger partial charge in [0.05, 0.1) is 0 Å². The summed E-state index contributed by atoms with van der Waals surface area (Å²) in [5.74, 6) is 2.66. The molecule has 2 nitrogen and oxygen atoms in total. The van der Waals surface area contributed by atoms with Gasteiger partial charge in [-0.3, -0.25) is 0 Å². The summed E-state index contributed by atoms with van der Waals surface area (Å²) in [5, 5.41) is 3.69. The Bertz CT molecular complexity index is 451. The molecule has 0 aliphatic heterocycles. The summed E-state index contributed by atoms with van der Waals surface area (Å²) >= 11 is 0. The fourth-order valence-electron chi connectivity index (χ4n) is 3.18. The van der Waals surface area contributed by atoms with Crippen LogP contribution in [0, 0.1) is 18.8 Å². The van der Waals surface area contributed by atoms with Crippen LogP contribution in [0.15, 0.2) is 36.4 Å². The van der Waals surface area contributed by atoms with Gasteiger partial charge in [0.15, 0.2) is 0 Å². The van der Waals surface area contributed by atoms with E-state index >= 15 is 0 Å². The van der Waals surface area contributed by atoms with Crippen molar-refractivity contribution in [3.63, 3.8) is 0 Å². The van der Waals surface area contributed by atoms with Crippen molar-refractivity contribution in [3.05, 3.63) is 42.0 Å². The summed E-state index contributed by atoms with van der Waals surface area (Å²) in [6, 6.07) is 9.34. The minimum absolute atomic E-state index is 0.404. The van der Waals surface area contributed by atoms with Gasteiger partial charge < -0.3 is 10.1 Å². The lowest BCUT2D eigenvalue weighted by molar-refractivity contribution is 0.138. The van der Waals surface area contributed by atoms with Crippen LogP contribution in [0.2, 0.25) is 0 Å². The Morgan fingerprint density at radius 2 is 2.11 bits per heavy atom. The first-order chi connectivity index (χ1) is 9.22. The number of ether oxygens (including phenoxy) is 1. The Kier molecular flexibility index (Phi) is 3.61. The molecule has 0 aromatic heterocycles. The zero-order chi connectivity index (χ0) is 13.2. The fraction of sp³-hybridized carbons (Fsp3) is 0.529. The maximum absolute atomic E-state index is 5.82. The predicted molar refractivity (Wildman–Crippen MR) is 78.4 cm³/mol. The second-order valence-electron chi connectivity index (χ2n) is 6.04. The lowest BCUT2D eigenvalue weighted by Crippen LogP contribution is -2.52. The average Bonchev–Trinajstić information content (AvgIpc) is 2.77. The Labute approximate surface area is 115 Å². The third-order valence-electron chi connectivity index (χ3n) is 4.38. The van der Waals surface area contributed by atoms with Crippen molar-refractivity contribution in [1.82, 2.24) is 5.32 Å². The molecule has 0 radical (unpaired) electrons. The number of allylic oxidation sites excluding steroid dienone is 1. The average molecular weight is 257 g/mol. The van der Waals surface area contributed by atoms with E-state index in [1.165, 1.54) is 18.4 Å². The summed E-state index contributed by atoms with van der Waals surface area (Å²) in [4.78, 5) is 0. The topological polar surface area (TPSA) is 21.3 Å². The summed E-state index contributed by atoms with van der Waals surface area (Å²) in [5.41, 5.74) is 1.27. The Morgan fingerprint density at radius 1 is 1.32 bits per heavy atom. The van der Waals surface area contributed by atoms with Crippen molar-refractivity contribution >= 4 is 0 Å². The van der Waals surface area contributed by atoms with Crippen LogP contribution in [0.4, 0.5) is 0 Å². The van der Waals surface area contributed by atoms with Gasteiger partial charge >= 0.3 is 0 Å². The highest BCUT2D eigenvalue weighted by molar-refractivity contribution is 5.26. The van der Waals surface area contributed by atoms with E-state index in [-0.39, 0.29) is 0 Å². The van der Waals surface area contributed by atoms with Crippen LogP contribution < -0.4 is 10.1 Å². The first-order valence-corrected chi connectivity index (χ1v) is 7.34. The number of hydrogen-bond acceptors (Lipinski definition) is 2. The number of benzene rings is 1. The number of fused-ring (bicyclic) bond motifs is 1. The molecule has 1 aromatic rings. The SMILES string of the molecule is Cc1ccc(OCC(C)NC2CC3CC=CC32)cc1. The molecule has 2 aliphatic carbocycles. The quantitative estimate of drug-likeness (QED) is 0.817. The van der Waals surface area contributed by atoms with Gasteiger partial charge in [-0.2, -0.15) is 0 Å². The highest BCUT2D eigenvalue weighted by Crippen LogP contribution is 2.42. The molecule has 0 amide bonds. The maximum Gasteiger partial charge on any atom is 0.119 e. The summed E-state index contributed by atoms with van der Waals surface area (Å²) < 4.78 is 5.82. The van der Waals surface area contributed by atoms with E-state index in [4.69, 9.17) is 4.74 Å². The van der Waals surface area contributed by atoms with Gasteiger partial charge in [-0.25, -0.2) is 0 Å². The molecular formula is C17H23NO. The van der Waals surface area contributed by atoms with Gasteiger partial charge in [0.2, 0.25) is 0 Å². The number of aryl methyl sites for hydroxylation is 1. The van der Waals surface area contributed by atoms with Gasteiger partial charge in [0, 0.05) is 12.1 Å². The van der Waals surface area contributed by atoms with E-state index in [0.29, 0.717) is 12.1 Å². The molecule has 4 atom stereocenters. The van der Waals surface area contributed by atoms with Gasteiger partial charge in [0.25, 0.3) is 0 Å². The highest BCUT2D eigenvalue weighted by Gasteiger charge is 2.41. The van der Waals surface area contributed by atoms with E-state index in [9.17, 15) is 0 Å². The molecule has 0 saturated heterocycles. The lowest BCUT2D eigenvalue weighted by Gasteiger charge is -2.42. The first-order valence-electron chi connectivity index (χ1n) is 7.34. The Hall–Kier alpha value is -1.28. The highest BCUT2D eigenvalue weighted by atomic mass is 16.5. The normalized spacial score (nSPS) is 29.7. The zero-order valence-corrected chi connectivity index (χ0v) is 11.8. The lowest BCUT2D eigenvalue weighted by atomic mass is 9.71. The number of rotatable bonds is 5. The molecule has 1 saturated carbocycles. The zero-order valence-electron chi connectivity index (χ0n) is 11.8. The first kappa shape index (κ1) is 12.7. The summed E-state index contributed by atoms with van der Waals surface area (Å²) in [6.07, 6.45) is 7.34. The molecule has 19 heavy (non-hydrogen) atoms. The largest absolute Gasteiger partial charge is 0.492 e. The van der Waals surface area contributed by atoms with Crippen molar-refractivity contribution < 1.29 is 4.74 Å². The van der Waals surface area contributed by atoms with Crippen LogP contribution in [-0.2, 0) is 0 Å². The molecule has 4 unspecified atom stereocenters. The van der Waals surface area contributed by atoms with Crippen molar-refractivity contribution in [3.8, 4) is 5.75 Å². The maximum atomic E-state index is 5.82. The molecule has 3 rings (SSSR count).